The first-order chi connectivity index (χ1) is 12.8. The fraction of sp³-hybridized carbons (Fsp3) is 0.222. The van der Waals surface area contributed by atoms with Crippen molar-refractivity contribution in [3.8, 4) is 5.75 Å². The van der Waals surface area contributed by atoms with Gasteiger partial charge in [-0.1, -0.05) is 12.6 Å². The lowest BCUT2D eigenvalue weighted by Gasteiger charge is -2.19. The van der Waals surface area contributed by atoms with Crippen molar-refractivity contribution >= 4 is 34.2 Å². The molecule has 0 saturated carbocycles. The van der Waals surface area contributed by atoms with Crippen LogP contribution < -0.4 is 10.6 Å². The fourth-order valence-corrected chi connectivity index (χ4v) is 3.09. The van der Waals surface area contributed by atoms with Crippen molar-refractivity contribution in [3.05, 3.63) is 54.0 Å². The van der Waals surface area contributed by atoms with Crippen molar-refractivity contribution in [2.75, 3.05) is 19.4 Å². The van der Waals surface area contributed by atoms with E-state index >= 15 is 0 Å². The van der Waals surface area contributed by atoms with Crippen LogP contribution in [-0.4, -0.2) is 40.0 Å². The van der Waals surface area contributed by atoms with Crippen LogP contribution in [0.1, 0.15) is 17.1 Å². The maximum Gasteiger partial charge on any atom is 0.269 e. The number of para-hydroxylation sites is 1. The number of aromatic hydroxyl groups is 1. The summed E-state index contributed by atoms with van der Waals surface area (Å²) in [6.45, 7) is 6.19. The number of rotatable bonds is 5. The van der Waals surface area contributed by atoms with E-state index in [4.69, 9.17) is 4.42 Å². The molecular formula is C18H21N5O3S. The van der Waals surface area contributed by atoms with Gasteiger partial charge in [0.25, 0.3) is 11.2 Å². The lowest BCUT2D eigenvalue weighted by molar-refractivity contribution is 0.472. The van der Waals surface area contributed by atoms with Gasteiger partial charge in [0.2, 0.25) is 0 Å². The summed E-state index contributed by atoms with van der Waals surface area (Å²) in [7, 11) is 3.69. The topological polar surface area (TPSA) is 102 Å². The molecule has 2 aromatic rings. The number of nitrogens with one attached hydrogen (secondary N) is 2. The lowest BCUT2D eigenvalue weighted by atomic mass is 10.1. The molecule has 142 valence electrons. The smallest absolute Gasteiger partial charge is 0.269 e. The quantitative estimate of drug-likeness (QED) is 0.681. The van der Waals surface area contributed by atoms with Gasteiger partial charge in [0.15, 0.2) is 11.7 Å². The average Bonchev–Trinajstić information content (AvgIpc) is 3.19. The molecule has 3 rings (SSSR count). The summed E-state index contributed by atoms with van der Waals surface area (Å²) < 4.78 is 25.2. The van der Waals surface area contributed by atoms with Crippen LogP contribution in [0.3, 0.4) is 0 Å². The van der Waals surface area contributed by atoms with Gasteiger partial charge in [-0.05, 0) is 31.2 Å². The predicted octanol–water partition coefficient (Wildman–Crippen LogP) is 2.42. The zero-order valence-electron chi connectivity index (χ0n) is 15.3. The lowest BCUT2D eigenvalue weighted by Crippen LogP contribution is -2.33. The molecule has 3 N–H and O–H groups in total. The standard InChI is InChI=1S/C18H21N5O3S/c1-11-8-9-13(26-11)10-19-17-18(22-27(25)21-17)20-15-7-5-6-14(16(15)24)12(2)23(3)4/h5-9,24H,2,10H2,1,3-4H3,(H,19,21)(H,20,22). The number of phenols is 1. The highest BCUT2D eigenvalue weighted by Gasteiger charge is 2.21. The first-order valence-corrected chi connectivity index (χ1v) is 9.26. The van der Waals surface area contributed by atoms with Crippen LogP contribution in [0.15, 0.2) is 50.1 Å². The van der Waals surface area contributed by atoms with Gasteiger partial charge in [-0.15, -0.1) is 8.80 Å². The molecule has 1 atom stereocenters. The third-order valence-corrected chi connectivity index (χ3v) is 4.61. The van der Waals surface area contributed by atoms with Crippen molar-refractivity contribution in [1.29, 1.82) is 0 Å². The minimum Gasteiger partial charge on any atom is -0.505 e. The van der Waals surface area contributed by atoms with E-state index in [0.29, 0.717) is 29.3 Å². The van der Waals surface area contributed by atoms with Crippen LogP contribution in [0.4, 0.5) is 5.69 Å². The third-order valence-electron chi connectivity index (χ3n) is 3.93. The van der Waals surface area contributed by atoms with Crippen LogP contribution >= 0.6 is 0 Å². The molecule has 1 aromatic heterocycles. The Morgan fingerprint density at radius 1 is 1.26 bits per heavy atom. The SMILES string of the molecule is C=C(c1cccc(NC2=NS(=O)N=C2NCc2ccc(C)o2)c1O)N(C)C. The first kappa shape index (κ1) is 18.7. The van der Waals surface area contributed by atoms with Gasteiger partial charge in [-0.3, -0.25) is 0 Å². The summed E-state index contributed by atoms with van der Waals surface area (Å²) in [5.41, 5.74) is 1.66. The number of benzene rings is 1. The Balaban J connectivity index is 1.77. The van der Waals surface area contributed by atoms with E-state index in [1.165, 1.54) is 0 Å². The average molecular weight is 387 g/mol. The zero-order valence-corrected chi connectivity index (χ0v) is 16.1. The van der Waals surface area contributed by atoms with Crippen molar-refractivity contribution in [2.24, 2.45) is 8.80 Å². The van der Waals surface area contributed by atoms with Gasteiger partial charge in [-0.2, -0.15) is 0 Å². The number of hydrogen-bond acceptors (Lipinski definition) is 6. The molecule has 1 aromatic carbocycles. The minimum atomic E-state index is -1.72. The molecule has 1 unspecified atom stereocenters. The van der Waals surface area contributed by atoms with E-state index < -0.39 is 11.2 Å². The number of aryl methyl sites for hydroxylation is 1. The highest BCUT2D eigenvalue weighted by atomic mass is 32.2. The molecule has 1 aliphatic rings. The van der Waals surface area contributed by atoms with E-state index in [1.807, 2.05) is 33.2 Å². The van der Waals surface area contributed by atoms with Crippen molar-refractivity contribution in [2.45, 2.75) is 13.5 Å². The van der Waals surface area contributed by atoms with E-state index in [1.54, 1.807) is 23.1 Å². The molecule has 0 aliphatic carbocycles. The molecule has 0 radical (unpaired) electrons. The molecule has 0 saturated heterocycles. The molecule has 0 amide bonds. The molecular weight excluding hydrogens is 366 g/mol. The van der Waals surface area contributed by atoms with Gasteiger partial charge >= 0.3 is 0 Å². The molecule has 9 heteroatoms. The monoisotopic (exact) mass is 387 g/mol. The third kappa shape index (κ3) is 4.20. The number of nitrogens with zero attached hydrogens (tertiary/aromatic N) is 3. The van der Waals surface area contributed by atoms with Crippen LogP contribution in [-0.2, 0) is 17.7 Å². The largest absolute Gasteiger partial charge is 0.505 e. The van der Waals surface area contributed by atoms with Gasteiger partial charge < -0.3 is 25.1 Å². The van der Waals surface area contributed by atoms with E-state index in [2.05, 4.69) is 26.0 Å². The molecule has 0 fully saturated rings. The number of phenolic OH excluding ortho intramolecular Hbond substituents is 1. The van der Waals surface area contributed by atoms with E-state index in [0.717, 1.165) is 11.5 Å². The summed E-state index contributed by atoms with van der Waals surface area (Å²) in [6, 6.07) is 8.96. The van der Waals surface area contributed by atoms with Crippen molar-refractivity contribution in [3.63, 3.8) is 0 Å². The second-order valence-electron chi connectivity index (χ2n) is 6.14. The fourth-order valence-electron chi connectivity index (χ4n) is 2.46. The number of furan rings is 1. The van der Waals surface area contributed by atoms with E-state index in [-0.39, 0.29) is 11.6 Å². The normalized spacial score (nSPS) is 15.9. The van der Waals surface area contributed by atoms with Crippen LogP contribution in [0, 0.1) is 6.92 Å². The highest BCUT2D eigenvalue weighted by Crippen LogP contribution is 2.32. The summed E-state index contributed by atoms with van der Waals surface area (Å²) in [5.74, 6) is 2.16. The maximum atomic E-state index is 11.8. The Hall–Kier alpha value is -3.07. The maximum absolute atomic E-state index is 11.8. The summed E-state index contributed by atoms with van der Waals surface area (Å²) >= 11 is -1.72. The van der Waals surface area contributed by atoms with Crippen molar-refractivity contribution in [1.82, 2.24) is 10.2 Å². The summed E-state index contributed by atoms with van der Waals surface area (Å²) in [6.07, 6.45) is 0. The van der Waals surface area contributed by atoms with Gasteiger partial charge in [-0.25, -0.2) is 4.21 Å². The van der Waals surface area contributed by atoms with Gasteiger partial charge in [0, 0.05) is 25.4 Å². The predicted molar refractivity (Wildman–Crippen MR) is 108 cm³/mol. The van der Waals surface area contributed by atoms with Crippen molar-refractivity contribution < 1.29 is 13.7 Å². The molecule has 0 bridgehead atoms. The van der Waals surface area contributed by atoms with Crippen LogP contribution in [0.2, 0.25) is 0 Å². The Morgan fingerprint density at radius 2 is 2.00 bits per heavy atom. The molecule has 8 nitrogen and oxygen atoms in total. The Bertz CT molecular complexity index is 962. The first-order valence-electron chi connectivity index (χ1n) is 8.19. The number of hydrogen-bond donors (Lipinski definition) is 3. The van der Waals surface area contributed by atoms with Gasteiger partial charge in [0.05, 0.1) is 12.2 Å². The van der Waals surface area contributed by atoms with E-state index in [9.17, 15) is 9.32 Å². The molecule has 27 heavy (non-hydrogen) atoms. The zero-order chi connectivity index (χ0) is 19.6. The second kappa shape index (κ2) is 7.67. The number of amidine groups is 2. The Labute approximate surface area is 160 Å². The minimum absolute atomic E-state index is 0.0255. The Morgan fingerprint density at radius 3 is 2.67 bits per heavy atom. The molecule has 1 aliphatic heterocycles. The summed E-state index contributed by atoms with van der Waals surface area (Å²) in [5, 5.41) is 16.6. The van der Waals surface area contributed by atoms with Crippen LogP contribution in [0.5, 0.6) is 5.75 Å². The van der Waals surface area contributed by atoms with Crippen LogP contribution in [0.25, 0.3) is 5.70 Å². The molecule has 2 heterocycles. The Kier molecular flexibility index (Phi) is 5.31. The second-order valence-corrected chi connectivity index (χ2v) is 6.97. The summed E-state index contributed by atoms with van der Waals surface area (Å²) in [4.78, 5) is 1.81. The van der Waals surface area contributed by atoms with Gasteiger partial charge in [0.1, 0.15) is 17.3 Å². The number of anilines is 1. The molecule has 0 spiro atoms. The highest BCUT2D eigenvalue weighted by molar-refractivity contribution is 7.83.